The molecule has 0 unspecified atom stereocenters. The molecule has 0 radical (unpaired) electrons. The first-order chi connectivity index (χ1) is 12.2. The van der Waals surface area contributed by atoms with Gasteiger partial charge in [-0.15, -0.1) is 0 Å². The van der Waals surface area contributed by atoms with Gasteiger partial charge in [-0.3, -0.25) is 4.31 Å². The van der Waals surface area contributed by atoms with Crippen molar-refractivity contribution in [2.24, 2.45) is 0 Å². The molecule has 8 heteroatoms. The fourth-order valence-electron chi connectivity index (χ4n) is 2.29. The molecule has 0 heterocycles. The Hall–Kier alpha value is -1.76. The lowest BCUT2D eigenvalue weighted by Crippen LogP contribution is -2.36. The van der Waals surface area contributed by atoms with Gasteiger partial charge in [0.25, 0.3) is 0 Å². The Morgan fingerprint density at radius 1 is 1.12 bits per heavy atom. The van der Waals surface area contributed by atoms with Gasteiger partial charge in [0.1, 0.15) is 0 Å². The Morgan fingerprint density at radius 3 is 2.27 bits per heavy atom. The fraction of sp³-hybridized carbons (Fsp3) is 0.278. The number of benzene rings is 2. The highest BCUT2D eigenvalue weighted by Crippen LogP contribution is 2.30. The molecule has 0 aliphatic rings. The third kappa shape index (κ3) is 4.31. The van der Waals surface area contributed by atoms with E-state index in [-0.39, 0.29) is 6.54 Å². The number of esters is 1. The van der Waals surface area contributed by atoms with Crippen LogP contribution in [0.3, 0.4) is 0 Å². The van der Waals surface area contributed by atoms with E-state index >= 15 is 0 Å². The third-order valence-corrected chi connectivity index (χ3v) is 6.83. The van der Waals surface area contributed by atoms with Gasteiger partial charge in [0.05, 0.1) is 40.2 Å². The second kappa shape index (κ2) is 8.29. The molecule has 0 saturated carbocycles. The lowest BCUT2D eigenvalue weighted by atomic mass is 10.2. The summed E-state index contributed by atoms with van der Waals surface area (Å²) in [5.41, 5.74) is 1.33. The Kier molecular flexibility index (Phi) is 6.55. The van der Waals surface area contributed by atoms with E-state index in [4.69, 9.17) is 23.2 Å². The summed E-state index contributed by atoms with van der Waals surface area (Å²) >= 11 is 12.3. The standard InChI is InChI=1S/C18H19Cl2NO4S/c1-12(2)26(23,24)21(11-14-5-4-6-16(19)17(14)20)15-9-7-13(8-10-15)18(22)25-3/h4-10,12H,11H2,1-3H3. The third-order valence-electron chi connectivity index (χ3n) is 3.82. The lowest BCUT2D eigenvalue weighted by molar-refractivity contribution is 0.0601. The number of ether oxygens (including phenoxy) is 1. The number of halogens is 2. The zero-order valence-corrected chi connectivity index (χ0v) is 16.9. The van der Waals surface area contributed by atoms with Crippen LogP contribution < -0.4 is 4.31 Å². The minimum absolute atomic E-state index is 0.0253. The topological polar surface area (TPSA) is 63.7 Å². The zero-order valence-electron chi connectivity index (χ0n) is 14.6. The first-order valence-electron chi connectivity index (χ1n) is 7.81. The number of carbonyl (C=O) groups is 1. The maximum absolute atomic E-state index is 12.9. The second-order valence-corrected chi connectivity index (χ2v) is 9.05. The van der Waals surface area contributed by atoms with E-state index in [0.717, 1.165) is 0 Å². The van der Waals surface area contributed by atoms with E-state index in [1.807, 2.05) is 0 Å². The van der Waals surface area contributed by atoms with Crippen LogP contribution in [0.2, 0.25) is 10.0 Å². The minimum atomic E-state index is -3.64. The van der Waals surface area contributed by atoms with Crippen molar-refractivity contribution < 1.29 is 17.9 Å². The van der Waals surface area contributed by atoms with Gasteiger partial charge in [-0.2, -0.15) is 0 Å². The Labute approximate surface area is 163 Å². The molecule has 5 nitrogen and oxygen atoms in total. The normalized spacial score (nSPS) is 11.5. The molecule has 26 heavy (non-hydrogen) atoms. The summed E-state index contributed by atoms with van der Waals surface area (Å²) in [6.45, 7) is 3.23. The van der Waals surface area contributed by atoms with E-state index in [1.54, 1.807) is 44.2 Å². The molecule has 0 amide bonds. The summed E-state index contributed by atoms with van der Waals surface area (Å²) in [7, 11) is -2.36. The maximum atomic E-state index is 12.9. The molecule has 0 saturated heterocycles. The van der Waals surface area contributed by atoms with E-state index in [1.165, 1.54) is 23.5 Å². The molecule has 0 aliphatic carbocycles. The highest BCUT2D eigenvalue weighted by Gasteiger charge is 2.27. The average molecular weight is 416 g/mol. The van der Waals surface area contributed by atoms with Gasteiger partial charge in [-0.25, -0.2) is 13.2 Å². The molecule has 0 aliphatic heterocycles. The van der Waals surface area contributed by atoms with E-state index in [0.29, 0.717) is 26.9 Å². The van der Waals surface area contributed by atoms with E-state index in [2.05, 4.69) is 4.74 Å². The molecule has 0 spiro atoms. The van der Waals surface area contributed by atoms with Gasteiger partial charge in [-0.1, -0.05) is 35.3 Å². The summed E-state index contributed by atoms with van der Waals surface area (Å²) in [6, 6.07) is 11.2. The molecular weight excluding hydrogens is 397 g/mol. The van der Waals surface area contributed by atoms with Crippen LogP contribution in [0.5, 0.6) is 0 Å². The number of sulfonamides is 1. The van der Waals surface area contributed by atoms with Gasteiger partial charge in [0, 0.05) is 0 Å². The van der Waals surface area contributed by atoms with Crippen molar-refractivity contribution in [3.8, 4) is 0 Å². The fourth-order valence-corrected chi connectivity index (χ4v) is 3.91. The van der Waals surface area contributed by atoms with Gasteiger partial charge in [0.2, 0.25) is 10.0 Å². The summed E-state index contributed by atoms with van der Waals surface area (Å²) in [5, 5.41) is 0.0251. The van der Waals surface area contributed by atoms with Crippen LogP contribution in [-0.4, -0.2) is 26.7 Å². The quantitative estimate of drug-likeness (QED) is 0.650. The van der Waals surface area contributed by atoms with Gasteiger partial charge < -0.3 is 4.74 Å². The first-order valence-corrected chi connectivity index (χ1v) is 10.1. The molecule has 2 rings (SSSR count). The number of nitrogens with zero attached hydrogens (tertiary/aromatic N) is 1. The number of carbonyl (C=O) groups excluding carboxylic acids is 1. The van der Waals surface area contributed by atoms with Gasteiger partial charge >= 0.3 is 5.97 Å². The van der Waals surface area contributed by atoms with E-state index < -0.39 is 21.2 Å². The van der Waals surface area contributed by atoms with Crippen LogP contribution in [0.15, 0.2) is 42.5 Å². The highest BCUT2D eigenvalue weighted by molar-refractivity contribution is 7.93. The predicted molar refractivity (Wildman–Crippen MR) is 104 cm³/mol. The van der Waals surface area contributed by atoms with Crippen LogP contribution in [0, 0.1) is 0 Å². The van der Waals surface area contributed by atoms with Crippen LogP contribution in [0.1, 0.15) is 29.8 Å². The van der Waals surface area contributed by atoms with Crippen molar-refractivity contribution in [3.05, 3.63) is 63.6 Å². The van der Waals surface area contributed by atoms with Crippen molar-refractivity contribution in [1.29, 1.82) is 0 Å². The van der Waals surface area contributed by atoms with Crippen molar-refractivity contribution in [2.45, 2.75) is 25.6 Å². The maximum Gasteiger partial charge on any atom is 0.337 e. The Bertz CT molecular complexity index is 896. The van der Waals surface area contributed by atoms with Crippen molar-refractivity contribution in [1.82, 2.24) is 0 Å². The first kappa shape index (κ1) is 20.6. The van der Waals surface area contributed by atoms with Crippen LogP contribution in [-0.2, 0) is 21.3 Å². The smallest absolute Gasteiger partial charge is 0.337 e. The van der Waals surface area contributed by atoms with Gasteiger partial charge in [0.15, 0.2) is 0 Å². The molecule has 0 N–H and O–H groups in total. The monoisotopic (exact) mass is 415 g/mol. The lowest BCUT2D eigenvalue weighted by Gasteiger charge is -2.27. The molecule has 0 fully saturated rings. The molecule has 2 aromatic carbocycles. The number of rotatable bonds is 6. The molecule has 2 aromatic rings. The highest BCUT2D eigenvalue weighted by atomic mass is 35.5. The number of hydrogen-bond donors (Lipinski definition) is 0. The zero-order chi connectivity index (χ0) is 19.5. The second-order valence-electron chi connectivity index (χ2n) is 5.85. The number of anilines is 1. The Morgan fingerprint density at radius 2 is 1.73 bits per heavy atom. The SMILES string of the molecule is COC(=O)c1ccc(N(Cc2cccc(Cl)c2Cl)S(=O)(=O)C(C)C)cc1. The average Bonchev–Trinajstić information content (AvgIpc) is 2.62. The summed E-state index contributed by atoms with van der Waals surface area (Å²) in [6.07, 6.45) is 0. The predicted octanol–water partition coefficient (Wildman–Crippen LogP) is 4.52. The number of hydrogen-bond acceptors (Lipinski definition) is 4. The largest absolute Gasteiger partial charge is 0.465 e. The van der Waals surface area contributed by atoms with E-state index in [9.17, 15) is 13.2 Å². The number of methoxy groups -OCH3 is 1. The molecule has 0 aromatic heterocycles. The molecule has 0 atom stereocenters. The molecule has 0 bridgehead atoms. The van der Waals surface area contributed by atoms with Crippen molar-refractivity contribution in [3.63, 3.8) is 0 Å². The van der Waals surface area contributed by atoms with Crippen LogP contribution in [0.4, 0.5) is 5.69 Å². The van der Waals surface area contributed by atoms with Crippen LogP contribution >= 0.6 is 23.2 Å². The van der Waals surface area contributed by atoms with Crippen molar-refractivity contribution >= 4 is 44.9 Å². The molecular formula is C18H19Cl2NO4S. The summed E-state index contributed by atoms with van der Waals surface area (Å²) in [4.78, 5) is 11.6. The Balaban J connectivity index is 2.48. The van der Waals surface area contributed by atoms with Crippen LogP contribution in [0.25, 0.3) is 0 Å². The summed E-state index contributed by atoms with van der Waals surface area (Å²) in [5.74, 6) is -0.493. The summed E-state index contributed by atoms with van der Waals surface area (Å²) < 4.78 is 31.7. The van der Waals surface area contributed by atoms with Crippen molar-refractivity contribution in [2.75, 3.05) is 11.4 Å². The molecule has 140 valence electrons. The minimum Gasteiger partial charge on any atom is -0.465 e. The van der Waals surface area contributed by atoms with Gasteiger partial charge in [-0.05, 0) is 49.7 Å².